The van der Waals surface area contributed by atoms with Crippen molar-refractivity contribution in [2.75, 3.05) is 6.54 Å². The van der Waals surface area contributed by atoms with E-state index in [9.17, 15) is 10.1 Å². The fourth-order valence-electron chi connectivity index (χ4n) is 0.802. The molecule has 0 fully saturated rings. The molecule has 6 nitrogen and oxygen atoms in total. The van der Waals surface area contributed by atoms with Crippen LogP contribution >= 0.6 is 0 Å². The number of unbranched alkanes of at least 4 members (excludes halogenated alkanes) is 2. The lowest BCUT2D eigenvalue weighted by Gasteiger charge is -2.10. The summed E-state index contributed by atoms with van der Waals surface area (Å²) in [5.41, 5.74) is 4.99. The molecular formula is C6H14N4O2. The molecule has 70 valence electrons. The van der Waals surface area contributed by atoms with E-state index in [1.54, 1.807) is 0 Å². The van der Waals surface area contributed by atoms with Crippen LogP contribution in [-0.4, -0.2) is 22.5 Å². The van der Waals surface area contributed by atoms with Crippen LogP contribution in [-0.2, 0) is 0 Å². The number of guanidine groups is 1. The maximum absolute atomic E-state index is 10.2. The Morgan fingerprint density at radius 2 is 2.25 bits per heavy atom. The molecule has 0 amide bonds. The highest BCUT2D eigenvalue weighted by molar-refractivity contribution is 5.73. The van der Waals surface area contributed by atoms with Gasteiger partial charge in [-0.1, -0.05) is 24.8 Å². The lowest BCUT2D eigenvalue weighted by Crippen LogP contribution is -2.41. The number of nitrogens with two attached hydrogens (primary N) is 1. The van der Waals surface area contributed by atoms with Crippen molar-refractivity contribution in [1.29, 1.82) is 5.41 Å². The highest BCUT2D eigenvalue weighted by atomic mass is 16.7. The second kappa shape index (κ2) is 5.34. The molecule has 3 N–H and O–H groups in total. The van der Waals surface area contributed by atoms with Crippen LogP contribution in [0, 0.1) is 15.5 Å². The molecule has 0 unspecified atom stereocenters. The number of nitro groups is 1. The Morgan fingerprint density at radius 3 is 2.58 bits per heavy atom. The molecule has 0 aliphatic heterocycles. The van der Waals surface area contributed by atoms with Crippen LogP contribution in [0.15, 0.2) is 0 Å². The van der Waals surface area contributed by atoms with E-state index < -0.39 is 11.0 Å². The molecular weight excluding hydrogens is 160 g/mol. The van der Waals surface area contributed by atoms with Crippen LogP contribution < -0.4 is 5.73 Å². The van der Waals surface area contributed by atoms with Gasteiger partial charge >= 0.3 is 0 Å². The molecule has 6 heteroatoms. The van der Waals surface area contributed by atoms with Crippen molar-refractivity contribution >= 4 is 5.96 Å². The van der Waals surface area contributed by atoms with E-state index >= 15 is 0 Å². The molecule has 0 heterocycles. The fourth-order valence-corrected chi connectivity index (χ4v) is 0.802. The van der Waals surface area contributed by atoms with Crippen molar-refractivity contribution in [2.24, 2.45) is 5.73 Å². The first-order valence-electron chi connectivity index (χ1n) is 3.85. The van der Waals surface area contributed by atoms with E-state index in [4.69, 9.17) is 11.1 Å². The average Bonchev–Trinajstić information content (AvgIpc) is 1.96. The van der Waals surface area contributed by atoms with Crippen LogP contribution in [0.4, 0.5) is 0 Å². The molecule has 0 spiro atoms. The summed E-state index contributed by atoms with van der Waals surface area (Å²) in [5.74, 6) is -0.504. The van der Waals surface area contributed by atoms with E-state index in [1.165, 1.54) is 0 Å². The number of hydrazine groups is 1. The topological polar surface area (TPSA) is 96.2 Å². The van der Waals surface area contributed by atoms with Crippen molar-refractivity contribution in [3.63, 3.8) is 0 Å². The third kappa shape index (κ3) is 3.75. The highest BCUT2D eigenvalue weighted by Crippen LogP contribution is 1.97. The zero-order valence-corrected chi connectivity index (χ0v) is 7.12. The van der Waals surface area contributed by atoms with Gasteiger partial charge < -0.3 is 5.73 Å². The zero-order valence-electron chi connectivity index (χ0n) is 7.12. The van der Waals surface area contributed by atoms with Crippen molar-refractivity contribution < 1.29 is 5.03 Å². The zero-order chi connectivity index (χ0) is 9.56. The van der Waals surface area contributed by atoms with Gasteiger partial charge in [0.05, 0.1) is 6.54 Å². The number of hydrogen-bond acceptors (Lipinski definition) is 3. The van der Waals surface area contributed by atoms with Gasteiger partial charge in [-0.2, -0.15) is 0 Å². The van der Waals surface area contributed by atoms with E-state index in [0.717, 1.165) is 12.8 Å². The molecule has 12 heavy (non-hydrogen) atoms. The van der Waals surface area contributed by atoms with Crippen molar-refractivity contribution in [2.45, 2.75) is 26.2 Å². The minimum absolute atomic E-state index is 0.218. The average molecular weight is 174 g/mol. The van der Waals surface area contributed by atoms with E-state index in [0.29, 0.717) is 11.4 Å². The summed E-state index contributed by atoms with van der Waals surface area (Å²) in [6, 6.07) is 0. The minimum atomic E-state index is -0.655. The Balaban J connectivity index is 3.80. The first kappa shape index (κ1) is 10.7. The third-order valence-corrected chi connectivity index (χ3v) is 1.45. The second-order valence-corrected chi connectivity index (χ2v) is 2.45. The number of nitrogens with zero attached hydrogens (tertiary/aromatic N) is 2. The monoisotopic (exact) mass is 174 g/mol. The first-order chi connectivity index (χ1) is 5.59. The molecule has 0 rings (SSSR count). The molecule has 0 saturated heterocycles. The van der Waals surface area contributed by atoms with E-state index in [2.05, 4.69) is 0 Å². The summed E-state index contributed by atoms with van der Waals surface area (Å²) in [7, 11) is 0. The molecule has 0 aromatic rings. The van der Waals surface area contributed by atoms with Crippen LogP contribution in [0.25, 0.3) is 0 Å². The van der Waals surface area contributed by atoms with Crippen LogP contribution in [0.5, 0.6) is 0 Å². The molecule has 0 radical (unpaired) electrons. The third-order valence-electron chi connectivity index (χ3n) is 1.45. The summed E-state index contributed by atoms with van der Waals surface area (Å²) in [6.45, 7) is 2.22. The SMILES string of the molecule is CCCCCN(C(=N)N)[N+](=O)[O-]. The van der Waals surface area contributed by atoms with Crippen molar-refractivity contribution in [3.05, 3.63) is 10.1 Å². The smallest absolute Gasteiger partial charge is 0.251 e. The van der Waals surface area contributed by atoms with Gasteiger partial charge in [-0.3, -0.25) is 5.41 Å². The summed E-state index contributed by atoms with van der Waals surface area (Å²) in [6.07, 6.45) is 2.60. The number of nitrogens with one attached hydrogen (secondary N) is 1. The molecule has 0 saturated carbocycles. The lowest BCUT2D eigenvalue weighted by atomic mass is 10.2. The van der Waals surface area contributed by atoms with Crippen LogP contribution in [0.2, 0.25) is 0 Å². The predicted octanol–water partition coefficient (Wildman–Crippen LogP) is 0.564. The Bertz CT molecular complexity index is 157. The molecule has 0 atom stereocenters. The van der Waals surface area contributed by atoms with E-state index in [-0.39, 0.29) is 6.54 Å². The highest BCUT2D eigenvalue weighted by Gasteiger charge is 2.16. The van der Waals surface area contributed by atoms with Gasteiger partial charge in [-0.15, -0.1) is 0 Å². The second-order valence-electron chi connectivity index (χ2n) is 2.45. The van der Waals surface area contributed by atoms with Gasteiger partial charge in [0.1, 0.15) is 0 Å². The van der Waals surface area contributed by atoms with Gasteiger partial charge in [0.25, 0.3) is 5.96 Å². The van der Waals surface area contributed by atoms with Gasteiger partial charge in [-0.05, 0) is 6.42 Å². The normalized spacial score (nSPS) is 9.42. The molecule has 0 aliphatic rings. The maximum Gasteiger partial charge on any atom is 0.251 e. The van der Waals surface area contributed by atoms with Crippen molar-refractivity contribution in [3.8, 4) is 0 Å². The molecule has 0 aromatic heterocycles. The van der Waals surface area contributed by atoms with Crippen molar-refractivity contribution in [1.82, 2.24) is 5.01 Å². The minimum Gasteiger partial charge on any atom is -0.365 e. The summed E-state index contributed by atoms with van der Waals surface area (Å²) in [4.78, 5) is 10.2. The standard InChI is InChI=1S/C6H14N4O2/c1-2-3-4-5-9(6(7)8)10(11)12/h2-5H2,1H3,(H3,7,8). The van der Waals surface area contributed by atoms with Gasteiger partial charge in [0, 0.05) is 0 Å². The predicted molar refractivity (Wildman–Crippen MR) is 45.1 cm³/mol. The Kier molecular flexibility index (Phi) is 4.75. The summed E-state index contributed by atoms with van der Waals surface area (Å²) >= 11 is 0. The summed E-state index contributed by atoms with van der Waals surface area (Å²) < 4.78 is 0. The Morgan fingerprint density at radius 1 is 1.67 bits per heavy atom. The van der Waals surface area contributed by atoms with E-state index in [1.807, 2.05) is 6.92 Å². The maximum atomic E-state index is 10.2. The largest absolute Gasteiger partial charge is 0.365 e. The van der Waals surface area contributed by atoms with Crippen LogP contribution in [0.1, 0.15) is 26.2 Å². The lowest BCUT2D eigenvalue weighted by molar-refractivity contribution is -0.629. The molecule has 0 bridgehead atoms. The summed E-state index contributed by atoms with van der Waals surface area (Å²) in [5, 5.41) is 17.1. The van der Waals surface area contributed by atoms with Gasteiger partial charge in [-0.25, -0.2) is 10.1 Å². The molecule has 0 aromatic carbocycles. The Labute approximate surface area is 71.0 Å². The number of hydrogen-bond donors (Lipinski definition) is 2. The van der Waals surface area contributed by atoms with Gasteiger partial charge in [0.15, 0.2) is 5.03 Å². The fraction of sp³-hybridized carbons (Fsp3) is 0.833. The quantitative estimate of drug-likeness (QED) is 0.209. The Hall–Kier alpha value is -1.33. The van der Waals surface area contributed by atoms with Crippen LogP contribution in [0.3, 0.4) is 0 Å². The molecule has 0 aliphatic carbocycles. The van der Waals surface area contributed by atoms with Gasteiger partial charge in [0.2, 0.25) is 0 Å². The number of rotatable bonds is 5. The first-order valence-corrected chi connectivity index (χ1v) is 3.85.